The molecule has 0 unspecified atom stereocenters. The highest BCUT2D eigenvalue weighted by Gasteiger charge is 2.15. The smallest absolute Gasteiger partial charge is 0.255 e. The van der Waals surface area contributed by atoms with Gasteiger partial charge in [0.1, 0.15) is 0 Å². The predicted molar refractivity (Wildman–Crippen MR) is 81.8 cm³/mol. The standard InChI is InChI=1S/C14H15Cl2N3O/c1-3-11-13(12(4-2)19-18-11)17-14(20)8-5-6-9(15)10(16)7-8/h5-7H,3-4H2,1-2H3,(H,17,20)(H,18,19). The molecule has 0 fully saturated rings. The minimum atomic E-state index is -0.227. The first-order chi connectivity index (χ1) is 9.56. The van der Waals surface area contributed by atoms with E-state index in [0.29, 0.717) is 15.6 Å². The van der Waals surface area contributed by atoms with Crippen LogP contribution in [0, 0.1) is 0 Å². The lowest BCUT2D eigenvalue weighted by atomic mass is 10.1. The van der Waals surface area contributed by atoms with Gasteiger partial charge in [-0.25, -0.2) is 0 Å². The second kappa shape index (κ2) is 6.29. The van der Waals surface area contributed by atoms with E-state index in [9.17, 15) is 4.79 Å². The summed E-state index contributed by atoms with van der Waals surface area (Å²) in [6.45, 7) is 3.99. The molecule has 0 radical (unpaired) electrons. The molecular weight excluding hydrogens is 297 g/mol. The van der Waals surface area contributed by atoms with Gasteiger partial charge in [-0.2, -0.15) is 5.10 Å². The number of carbonyl (C=O) groups is 1. The number of anilines is 1. The fraction of sp³-hybridized carbons (Fsp3) is 0.286. The number of carbonyl (C=O) groups excluding carboxylic acids is 1. The molecule has 1 heterocycles. The molecule has 106 valence electrons. The fourth-order valence-electron chi connectivity index (χ4n) is 1.90. The van der Waals surface area contributed by atoms with Crippen LogP contribution in [-0.4, -0.2) is 16.1 Å². The van der Waals surface area contributed by atoms with Crippen molar-refractivity contribution in [1.29, 1.82) is 0 Å². The van der Waals surface area contributed by atoms with E-state index in [2.05, 4.69) is 15.5 Å². The molecule has 2 aromatic rings. The van der Waals surface area contributed by atoms with Gasteiger partial charge in [0, 0.05) is 5.56 Å². The SMILES string of the molecule is CCc1n[nH]c(CC)c1NC(=O)c1ccc(Cl)c(Cl)c1. The zero-order chi connectivity index (χ0) is 14.7. The summed E-state index contributed by atoms with van der Waals surface area (Å²) in [4.78, 5) is 12.3. The Labute approximate surface area is 127 Å². The third kappa shape index (κ3) is 2.97. The molecule has 0 saturated heterocycles. The topological polar surface area (TPSA) is 57.8 Å². The first-order valence-electron chi connectivity index (χ1n) is 6.39. The van der Waals surface area contributed by atoms with Gasteiger partial charge in [0.25, 0.3) is 5.91 Å². The van der Waals surface area contributed by atoms with Crippen LogP contribution in [0.2, 0.25) is 10.0 Å². The molecule has 4 nitrogen and oxygen atoms in total. The zero-order valence-electron chi connectivity index (χ0n) is 11.3. The molecule has 2 rings (SSSR count). The summed E-state index contributed by atoms with van der Waals surface area (Å²) in [5.74, 6) is -0.227. The number of nitrogens with zero attached hydrogens (tertiary/aromatic N) is 1. The Bertz CT molecular complexity index is 616. The van der Waals surface area contributed by atoms with Gasteiger partial charge in [0.2, 0.25) is 0 Å². The van der Waals surface area contributed by atoms with E-state index in [0.717, 1.165) is 29.9 Å². The molecule has 1 amide bonds. The van der Waals surface area contributed by atoms with E-state index >= 15 is 0 Å². The molecule has 1 aromatic carbocycles. The number of H-pyrrole nitrogens is 1. The first-order valence-corrected chi connectivity index (χ1v) is 7.14. The third-order valence-electron chi connectivity index (χ3n) is 3.02. The molecular formula is C14H15Cl2N3O. The van der Waals surface area contributed by atoms with Crippen molar-refractivity contribution >= 4 is 34.8 Å². The molecule has 0 saturated carbocycles. The van der Waals surface area contributed by atoms with Gasteiger partial charge in [-0.05, 0) is 31.0 Å². The molecule has 0 bridgehead atoms. The normalized spacial score (nSPS) is 10.6. The summed E-state index contributed by atoms with van der Waals surface area (Å²) in [5.41, 5.74) is 2.97. The molecule has 20 heavy (non-hydrogen) atoms. The number of aryl methyl sites for hydroxylation is 2. The monoisotopic (exact) mass is 311 g/mol. The number of rotatable bonds is 4. The van der Waals surface area contributed by atoms with Crippen LogP contribution in [-0.2, 0) is 12.8 Å². The number of nitrogens with one attached hydrogen (secondary N) is 2. The Morgan fingerprint density at radius 1 is 1.25 bits per heavy atom. The maximum Gasteiger partial charge on any atom is 0.255 e. The molecule has 1 aromatic heterocycles. The van der Waals surface area contributed by atoms with E-state index in [-0.39, 0.29) is 5.91 Å². The van der Waals surface area contributed by atoms with Crippen LogP contribution >= 0.6 is 23.2 Å². The average molecular weight is 312 g/mol. The minimum absolute atomic E-state index is 0.227. The Hall–Kier alpha value is -1.52. The summed E-state index contributed by atoms with van der Waals surface area (Å²) in [6.07, 6.45) is 1.51. The lowest BCUT2D eigenvalue weighted by Gasteiger charge is -2.07. The van der Waals surface area contributed by atoms with E-state index in [1.54, 1.807) is 18.2 Å². The van der Waals surface area contributed by atoms with E-state index < -0.39 is 0 Å². The molecule has 2 N–H and O–H groups in total. The summed E-state index contributed by atoms with van der Waals surface area (Å²) < 4.78 is 0. The molecule has 0 atom stereocenters. The van der Waals surface area contributed by atoms with Gasteiger partial charge in [0.05, 0.1) is 27.1 Å². The highest BCUT2D eigenvalue weighted by atomic mass is 35.5. The number of hydrogen-bond acceptors (Lipinski definition) is 2. The number of hydrogen-bond donors (Lipinski definition) is 2. The van der Waals surface area contributed by atoms with Crippen molar-refractivity contribution in [3.05, 3.63) is 45.2 Å². The van der Waals surface area contributed by atoms with E-state index in [4.69, 9.17) is 23.2 Å². The summed E-state index contributed by atoms with van der Waals surface area (Å²) in [7, 11) is 0. The zero-order valence-corrected chi connectivity index (χ0v) is 12.8. The van der Waals surface area contributed by atoms with E-state index in [1.165, 1.54) is 0 Å². The van der Waals surface area contributed by atoms with Crippen LogP contribution in [0.15, 0.2) is 18.2 Å². The van der Waals surface area contributed by atoms with Crippen molar-refractivity contribution in [2.45, 2.75) is 26.7 Å². The minimum Gasteiger partial charge on any atom is -0.319 e. The Kier molecular flexibility index (Phi) is 4.68. The van der Waals surface area contributed by atoms with Crippen LogP contribution in [0.5, 0.6) is 0 Å². The average Bonchev–Trinajstić information content (AvgIpc) is 2.83. The van der Waals surface area contributed by atoms with Gasteiger partial charge in [-0.3, -0.25) is 9.89 Å². The summed E-state index contributed by atoms with van der Waals surface area (Å²) >= 11 is 11.8. The molecule has 0 aliphatic heterocycles. The predicted octanol–water partition coefficient (Wildman–Crippen LogP) is 4.09. The van der Waals surface area contributed by atoms with Gasteiger partial charge in [0.15, 0.2) is 0 Å². The van der Waals surface area contributed by atoms with Crippen molar-refractivity contribution in [2.75, 3.05) is 5.32 Å². The molecule has 6 heteroatoms. The fourth-order valence-corrected chi connectivity index (χ4v) is 2.20. The van der Waals surface area contributed by atoms with Gasteiger partial charge < -0.3 is 5.32 Å². The van der Waals surface area contributed by atoms with Crippen molar-refractivity contribution < 1.29 is 4.79 Å². The van der Waals surface area contributed by atoms with Crippen LogP contribution in [0.1, 0.15) is 35.6 Å². The second-order valence-electron chi connectivity index (χ2n) is 4.31. The summed E-state index contributed by atoms with van der Waals surface area (Å²) in [6, 6.07) is 4.80. The second-order valence-corrected chi connectivity index (χ2v) is 5.13. The van der Waals surface area contributed by atoms with Gasteiger partial charge in [-0.15, -0.1) is 0 Å². The number of amides is 1. The quantitative estimate of drug-likeness (QED) is 0.893. The van der Waals surface area contributed by atoms with Crippen molar-refractivity contribution in [2.24, 2.45) is 0 Å². The highest BCUT2D eigenvalue weighted by Crippen LogP contribution is 2.24. The van der Waals surface area contributed by atoms with Crippen LogP contribution < -0.4 is 5.32 Å². The molecule has 0 spiro atoms. The maximum absolute atomic E-state index is 12.3. The third-order valence-corrected chi connectivity index (χ3v) is 3.76. The molecule has 0 aliphatic carbocycles. The van der Waals surface area contributed by atoms with Gasteiger partial charge >= 0.3 is 0 Å². The van der Waals surface area contributed by atoms with Crippen molar-refractivity contribution in [3.63, 3.8) is 0 Å². The first kappa shape index (κ1) is 14.9. The summed E-state index contributed by atoms with van der Waals surface area (Å²) in [5, 5.41) is 10.8. The largest absolute Gasteiger partial charge is 0.319 e. The number of benzene rings is 1. The van der Waals surface area contributed by atoms with Crippen LogP contribution in [0.4, 0.5) is 5.69 Å². The van der Waals surface area contributed by atoms with Crippen LogP contribution in [0.3, 0.4) is 0 Å². The Morgan fingerprint density at radius 3 is 2.60 bits per heavy atom. The van der Waals surface area contributed by atoms with Crippen molar-refractivity contribution in [1.82, 2.24) is 10.2 Å². The van der Waals surface area contributed by atoms with Crippen LogP contribution in [0.25, 0.3) is 0 Å². The maximum atomic E-state index is 12.3. The molecule has 0 aliphatic rings. The Balaban J connectivity index is 2.27. The number of aromatic nitrogens is 2. The number of halogens is 2. The lowest BCUT2D eigenvalue weighted by molar-refractivity contribution is 0.102. The van der Waals surface area contributed by atoms with Crippen molar-refractivity contribution in [3.8, 4) is 0 Å². The highest BCUT2D eigenvalue weighted by molar-refractivity contribution is 6.42. The van der Waals surface area contributed by atoms with E-state index in [1.807, 2.05) is 13.8 Å². The Morgan fingerprint density at radius 2 is 2.00 bits per heavy atom. The number of aromatic amines is 1. The van der Waals surface area contributed by atoms with Gasteiger partial charge in [-0.1, -0.05) is 37.0 Å². The lowest BCUT2D eigenvalue weighted by Crippen LogP contribution is -2.13.